The predicted octanol–water partition coefficient (Wildman–Crippen LogP) is 4.68. The van der Waals surface area contributed by atoms with Gasteiger partial charge in [0.15, 0.2) is 0 Å². The summed E-state index contributed by atoms with van der Waals surface area (Å²) in [6, 6.07) is 25.4. The number of hydrogen-bond acceptors (Lipinski definition) is 5. The van der Waals surface area contributed by atoms with Gasteiger partial charge in [0.25, 0.3) is 5.91 Å². The lowest BCUT2D eigenvalue weighted by Gasteiger charge is -2.23. The van der Waals surface area contributed by atoms with E-state index in [0.717, 1.165) is 21.8 Å². The van der Waals surface area contributed by atoms with Gasteiger partial charge in [0.2, 0.25) is 5.91 Å². The molecule has 7 heteroatoms. The normalized spacial score (nSPS) is 17.5. The van der Waals surface area contributed by atoms with Crippen LogP contribution in [0.15, 0.2) is 88.9 Å². The van der Waals surface area contributed by atoms with Crippen LogP contribution in [0.5, 0.6) is 0 Å². The second-order valence-corrected chi connectivity index (χ2v) is 8.38. The Morgan fingerprint density at radius 3 is 2.55 bits per heavy atom. The first-order chi connectivity index (χ1) is 15.2. The van der Waals surface area contributed by atoms with E-state index >= 15 is 0 Å². The molecule has 0 fully saturated rings. The maximum atomic E-state index is 13.0. The number of fused-ring (bicyclic) bond motifs is 1. The van der Waals surface area contributed by atoms with Gasteiger partial charge in [-0.15, -0.1) is 11.8 Å². The zero-order valence-electron chi connectivity index (χ0n) is 16.6. The first kappa shape index (κ1) is 19.4. The lowest BCUT2D eigenvalue weighted by Crippen LogP contribution is -2.23. The minimum Gasteiger partial charge on any atom is -0.324 e. The van der Waals surface area contributed by atoms with Gasteiger partial charge in [-0.25, -0.2) is 0 Å². The summed E-state index contributed by atoms with van der Waals surface area (Å²) < 4.78 is 0. The van der Waals surface area contributed by atoms with Gasteiger partial charge in [-0.05, 0) is 35.9 Å². The molecule has 2 N–H and O–H groups in total. The summed E-state index contributed by atoms with van der Waals surface area (Å²) in [4.78, 5) is 25.7. The fourth-order valence-electron chi connectivity index (χ4n) is 3.77. The number of nitrogens with one attached hydrogen (secondary N) is 2. The van der Waals surface area contributed by atoms with Crippen LogP contribution in [-0.4, -0.2) is 23.3 Å². The number of hydrogen-bond donors (Lipinski definition) is 2. The van der Waals surface area contributed by atoms with Crippen LogP contribution < -0.4 is 15.6 Å². The first-order valence-electron chi connectivity index (χ1n) is 10.0. The Morgan fingerprint density at radius 2 is 1.77 bits per heavy atom. The zero-order valence-corrected chi connectivity index (χ0v) is 17.4. The third kappa shape index (κ3) is 4.04. The molecule has 3 aromatic rings. The first-order valence-corrected chi connectivity index (χ1v) is 11.0. The van der Waals surface area contributed by atoms with Crippen molar-refractivity contribution in [2.75, 3.05) is 21.4 Å². The molecule has 0 saturated heterocycles. The highest BCUT2D eigenvalue weighted by Crippen LogP contribution is 2.36. The van der Waals surface area contributed by atoms with Gasteiger partial charge in [0.05, 0.1) is 23.2 Å². The van der Waals surface area contributed by atoms with Crippen LogP contribution in [0, 0.1) is 0 Å². The third-order valence-electron chi connectivity index (χ3n) is 5.25. The molecule has 1 atom stereocenters. The van der Waals surface area contributed by atoms with Crippen molar-refractivity contribution in [1.82, 2.24) is 0 Å². The van der Waals surface area contributed by atoms with E-state index in [2.05, 4.69) is 27.9 Å². The molecule has 0 bridgehead atoms. The lowest BCUT2D eigenvalue weighted by atomic mass is 10.0. The van der Waals surface area contributed by atoms with E-state index in [9.17, 15) is 9.59 Å². The summed E-state index contributed by atoms with van der Waals surface area (Å²) in [6.45, 7) is 0. The Kier molecular flexibility index (Phi) is 5.18. The maximum Gasteiger partial charge on any atom is 0.271 e. The highest BCUT2D eigenvalue weighted by atomic mass is 32.2. The van der Waals surface area contributed by atoms with Crippen molar-refractivity contribution >= 4 is 46.4 Å². The summed E-state index contributed by atoms with van der Waals surface area (Å²) >= 11 is 1.49. The van der Waals surface area contributed by atoms with E-state index in [1.807, 2.05) is 65.7 Å². The molecule has 154 valence electrons. The summed E-state index contributed by atoms with van der Waals surface area (Å²) in [5.41, 5.74) is 3.86. The highest BCUT2D eigenvalue weighted by molar-refractivity contribution is 8.00. The molecule has 5 rings (SSSR count). The van der Waals surface area contributed by atoms with Crippen LogP contribution in [0.25, 0.3) is 0 Å². The number of para-hydroxylation sites is 1. The van der Waals surface area contributed by atoms with Crippen molar-refractivity contribution in [3.63, 3.8) is 0 Å². The molecule has 1 unspecified atom stereocenters. The van der Waals surface area contributed by atoms with E-state index in [4.69, 9.17) is 0 Å². The number of nitrogens with zero attached hydrogens (tertiary/aromatic N) is 2. The average Bonchev–Trinajstić information content (AvgIpc) is 3.26. The highest BCUT2D eigenvalue weighted by Gasteiger charge is 2.32. The standard InChI is InChI=1S/C24H20N4O2S/c29-23-15-31-22-12-11-17(13-19(22)26-23)25-24(30)20-14-21(16-7-3-1-4-8-16)28(27-20)18-9-5-2-6-10-18/h1-13,21H,14-15H2,(H,25,30)(H,26,29). The number of benzene rings is 3. The molecule has 6 nitrogen and oxygen atoms in total. The second-order valence-electron chi connectivity index (χ2n) is 7.36. The van der Waals surface area contributed by atoms with Crippen LogP contribution in [-0.2, 0) is 9.59 Å². The Labute approximate surface area is 184 Å². The van der Waals surface area contributed by atoms with E-state index < -0.39 is 0 Å². The summed E-state index contributed by atoms with van der Waals surface area (Å²) in [5, 5.41) is 12.4. The van der Waals surface area contributed by atoms with Crippen molar-refractivity contribution < 1.29 is 9.59 Å². The van der Waals surface area contributed by atoms with Gasteiger partial charge in [-0.3, -0.25) is 14.6 Å². The maximum absolute atomic E-state index is 13.0. The average molecular weight is 429 g/mol. The van der Waals surface area contributed by atoms with E-state index in [1.54, 1.807) is 6.07 Å². The molecule has 2 aliphatic rings. The molecule has 0 radical (unpaired) electrons. The van der Waals surface area contributed by atoms with E-state index in [1.165, 1.54) is 11.8 Å². The Morgan fingerprint density at radius 1 is 1.03 bits per heavy atom. The fraction of sp³-hybridized carbons (Fsp3) is 0.125. The lowest BCUT2D eigenvalue weighted by molar-refractivity contribution is -0.114. The van der Waals surface area contributed by atoms with Gasteiger partial charge < -0.3 is 10.6 Å². The van der Waals surface area contributed by atoms with Crippen LogP contribution in [0.1, 0.15) is 18.0 Å². The minimum absolute atomic E-state index is 0.0367. The van der Waals surface area contributed by atoms with Crippen molar-refractivity contribution in [1.29, 1.82) is 0 Å². The molecule has 0 aromatic heterocycles. The number of anilines is 3. The van der Waals surface area contributed by atoms with Gasteiger partial charge in [-0.2, -0.15) is 5.10 Å². The molecule has 3 aromatic carbocycles. The smallest absolute Gasteiger partial charge is 0.271 e. The van der Waals surface area contributed by atoms with E-state index in [0.29, 0.717) is 23.6 Å². The van der Waals surface area contributed by atoms with Crippen molar-refractivity contribution in [2.24, 2.45) is 5.10 Å². The molecule has 0 spiro atoms. The molecule has 31 heavy (non-hydrogen) atoms. The molecule has 0 saturated carbocycles. The van der Waals surface area contributed by atoms with Gasteiger partial charge >= 0.3 is 0 Å². The number of hydrazone groups is 1. The SMILES string of the molecule is O=C1CSc2ccc(NC(=O)C3=NN(c4ccccc4)C(c4ccccc4)C3)cc2N1. The van der Waals surface area contributed by atoms with Crippen LogP contribution in [0.2, 0.25) is 0 Å². The molecule has 2 aliphatic heterocycles. The summed E-state index contributed by atoms with van der Waals surface area (Å²) in [6.07, 6.45) is 0.502. The minimum atomic E-state index is -0.242. The Balaban J connectivity index is 1.40. The number of rotatable bonds is 4. The quantitative estimate of drug-likeness (QED) is 0.633. The zero-order chi connectivity index (χ0) is 21.2. The van der Waals surface area contributed by atoms with Gasteiger partial charge in [-0.1, -0.05) is 48.5 Å². The van der Waals surface area contributed by atoms with Crippen LogP contribution in [0.4, 0.5) is 17.1 Å². The summed E-state index contributed by atoms with van der Waals surface area (Å²) in [7, 11) is 0. The van der Waals surface area contributed by atoms with Crippen LogP contribution >= 0.6 is 11.8 Å². The Hall–Kier alpha value is -3.58. The molecular weight excluding hydrogens is 408 g/mol. The molecule has 2 amide bonds. The molecule has 2 heterocycles. The number of carbonyl (C=O) groups excluding carboxylic acids is 2. The monoisotopic (exact) mass is 428 g/mol. The molecule has 0 aliphatic carbocycles. The third-order valence-corrected chi connectivity index (χ3v) is 6.32. The van der Waals surface area contributed by atoms with Crippen molar-refractivity contribution in [2.45, 2.75) is 17.4 Å². The van der Waals surface area contributed by atoms with E-state index in [-0.39, 0.29) is 17.9 Å². The van der Waals surface area contributed by atoms with Gasteiger partial charge in [0.1, 0.15) is 5.71 Å². The van der Waals surface area contributed by atoms with Crippen molar-refractivity contribution in [3.8, 4) is 0 Å². The fourth-order valence-corrected chi connectivity index (χ4v) is 4.55. The van der Waals surface area contributed by atoms with Gasteiger partial charge in [0, 0.05) is 17.0 Å². The summed E-state index contributed by atoms with van der Waals surface area (Å²) in [5.74, 6) is 0.130. The molecular formula is C24H20N4O2S. The van der Waals surface area contributed by atoms with Crippen LogP contribution in [0.3, 0.4) is 0 Å². The van der Waals surface area contributed by atoms with Crippen molar-refractivity contribution in [3.05, 3.63) is 84.4 Å². The second kappa shape index (κ2) is 8.28. The Bertz CT molecular complexity index is 1160. The predicted molar refractivity (Wildman–Crippen MR) is 125 cm³/mol. The number of carbonyl (C=O) groups is 2. The number of thioether (sulfide) groups is 1. The topological polar surface area (TPSA) is 73.8 Å². The number of amides is 2. The largest absolute Gasteiger partial charge is 0.324 e.